The summed E-state index contributed by atoms with van der Waals surface area (Å²) in [5.41, 5.74) is 0.00132. The van der Waals surface area contributed by atoms with Crippen LogP contribution in [0.4, 0.5) is 0 Å². The summed E-state index contributed by atoms with van der Waals surface area (Å²) in [6.07, 6.45) is 8.00. The molecule has 27 heavy (non-hydrogen) atoms. The van der Waals surface area contributed by atoms with Crippen LogP contribution in [-0.2, 0) is 14.3 Å². The highest BCUT2D eigenvalue weighted by Crippen LogP contribution is 2.67. The largest absolute Gasteiger partial charge is 0.463 e. The Bertz CT molecular complexity index is 630. The Labute approximate surface area is 163 Å². The number of ketones is 1. The number of hydrogen-bond donors (Lipinski definition) is 1. The number of Topliss-reactive ketones (excluding diaryl/α,β-unsaturated/α-hetero) is 1. The number of hydrogen-bond acceptors (Lipinski definition) is 4. The van der Waals surface area contributed by atoms with E-state index < -0.39 is 0 Å². The molecule has 0 amide bonds. The summed E-state index contributed by atoms with van der Waals surface area (Å²) in [5, 5.41) is 11.3. The first-order valence-corrected chi connectivity index (χ1v) is 11.0. The molecular formula is C23H36O4. The van der Waals surface area contributed by atoms with Crippen LogP contribution in [0.15, 0.2) is 0 Å². The Kier molecular flexibility index (Phi) is 4.73. The van der Waals surface area contributed by atoms with Crippen molar-refractivity contribution in [1.82, 2.24) is 0 Å². The van der Waals surface area contributed by atoms with E-state index in [4.69, 9.17) is 4.74 Å². The SMILES string of the molecule is CC(=O)O[C@H]1CC[C@@]2(C)[C@@H](CC[C@@H]3[C@@H]2C[C@@H](O)[C@]2(C)[C@@H](C(C)=O)CC[C@@H]32)C1. The van der Waals surface area contributed by atoms with Gasteiger partial charge in [-0.25, -0.2) is 0 Å². The van der Waals surface area contributed by atoms with E-state index in [1.807, 2.05) is 0 Å². The van der Waals surface area contributed by atoms with Gasteiger partial charge in [0.25, 0.3) is 0 Å². The van der Waals surface area contributed by atoms with Gasteiger partial charge >= 0.3 is 5.97 Å². The monoisotopic (exact) mass is 376 g/mol. The molecule has 0 unspecified atom stereocenters. The maximum atomic E-state index is 12.3. The van der Waals surface area contributed by atoms with Crippen molar-refractivity contribution in [3.05, 3.63) is 0 Å². The number of aliphatic hydroxyl groups excluding tert-OH is 1. The number of aliphatic hydroxyl groups is 1. The zero-order chi connectivity index (χ0) is 19.6. The van der Waals surface area contributed by atoms with Gasteiger partial charge in [-0.2, -0.15) is 0 Å². The van der Waals surface area contributed by atoms with Crippen LogP contribution >= 0.6 is 0 Å². The highest BCUT2D eigenvalue weighted by molar-refractivity contribution is 5.79. The van der Waals surface area contributed by atoms with Crippen molar-refractivity contribution in [3.63, 3.8) is 0 Å². The Morgan fingerprint density at radius 2 is 1.70 bits per heavy atom. The molecule has 0 radical (unpaired) electrons. The number of rotatable bonds is 2. The van der Waals surface area contributed by atoms with Gasteiger partial charge in [0, 0.05) is 18.3 Å². The third kappa shape index (κ3) is 2.81. The molecule has 0 aromatic rings. The predicted octanol–water partition coefficient (Wildman–Crippen LogP) is 4.14. The second-order valence-corrected chi connectivity index (χ2v) is 10.5. The summed E-state index contributed by atoms with van der Waals surface area (Å²) in [7, 11) is 0. The van der Waals surface area contributed by atoms with Gasteiger partial charge in [-0.1, -0.05) is 13.8 Å². The Morgan fingerprint density at radius 3 is 2.37 bits per heavy atom. The van der Waals surface area contributed by atoms with Gasteiger partial charge in [0.2, 0.25) is 0 Å². The normalized spacial score (nSPS) is 51.7. The summed E-state index contributed by atoms with van der Waals surface area (Å²) in [4.78, 5) is 23.7. The van der Waals surface area contributed by atoms with Crippen LogP contribution in [0.2, 0.25) is 0 Å². The molecule has 4 saturated carbocycles. The van der Waals surface area contributed by atoms with Gasteiger partial charge < -0.3 is 9.84 Å². The summed E-state index contributed by atoms with van der Waals surface area (Å²) in [5.74, 6) is 2.36. The van der Waals surface area contributed by atoms with E-state index in [1.54, 1.807) is 6.92 Å². The summed E-state index contributed by atoms with van der Waals surface area (Å²) in [6, 6.07) is 0. The Balaban J connectivity index is 1.58. The molecule has 0 spiro atoms. The third-order valence-corrected chi connectivity index (χ3v) is 9.55. The van der Waals surface area contributed by atoms with E-state index in [1.165, 1.54) is 19.8 Å². The lowest BCUT2D eigenvalue weighted by atomic mass is 9.44. The molecule has 4 aliphatic carbocycles. The molecule has 4 aliphatic rings. The lowest BCUT2D eigenvalue weighted by Gasteiger charge is -2.62. The second-order valence-electron chi connectivity index (χ2n) is 10.5. The van der Waals surface area contributed by atoms with E-state index in [0.29, 0.717) is 23.7 Å². The van der Waals surface area contributed by atoms with Crippen LogP contribution in [0.5, 0.6) is 0 Å². The third-order valence-electron chi connectivity index (χ3n) is 9.55. The first-order valence-electron chi connectivity index (χ1n) is 11.0. The van der Waals surface area contributed by atoms with Gasteiger partial charge in [-0.05, 0) is 87.4 Å². The lowest BCUT2D eigenvalue weighted by molar-refractivity contribution is -0.179. The molecule has 4 nitrogen and oxygen atoms in total. The maximum absolute atomic E-state index is 12.3. The van der Waals surface area contributed by atoms with Gasteiger partial charge in [-0.15, -0.1) is 0 Å². The summed E-state index contributed by atoms with van der Waals surface area (Å²) in [6.45, 7) is 7.86. The van der Waals surface area contributed by atoms with Crippen LogP contribution in [-0.4, -0.2) is 29.1 Å². The average molecular weight is 377 g/mol. The minimum atomic E-state index is -0.373. The van der Waals surface area contributed by atoms with Crippen molar-refractivity contribution < 1.29 is 19.4 Å². The number of esters is 1. The lowest BCUT2D eigenvalue weighted by Crippen LogP contribution is -2.59. The molecule has 0 aromatic carbocycles. The first-order chi connectivity index (χ1) is 12.7. The van der Waals surface area contributed by atoms with Crippen molar-refractivity contribution in [2.45, 2.75) is 91.3 Å². The molecule has 4 heteroatoms. The Morgan fingerprint density at radius 1 is 0.963 bits per heavy atom. The molecule has 1 N–H and O–H groups in total. The fourth-order valence-corrected chi connectivity index (χ4v) is 8.18. The molecule has 0 aromatic heterocycles. The number of ether oxygens (including phenoxy) is 1. The van der Waals surface area contributed by atoms with Crippen molar-refractivity contribution in [2.24, 2.45) is 40.4 Å². The molecule has 0 saturated heterocycles. The minimum Gasteiger partial charge on any atom is -0.463 e. The van der Waals surface area contributed by atoms with Crippen LogP contribution in [0.25, 0.3) is 0 Å². The maximum Gasteiger partial charge on any atom is 0.302 e. The topological polar surface area (TPSA) is 63.6 Å². The van der Waals surface area contributed by atoms with Crippen LogP contribution < -0.4 is 0 Å². The minimum absolute atomic E-state index is 0.0312. The quantitative estimate of drug-likeness (QED) is 0.736. The molecule has 4 fully saturated rings. The summed E-state index contributed by atoms with van der Waals surface area (Å²) < 4.78 is 5.54. The van der Waals surface area contributed by atoms with Crippen molar-refractivity contribution in [3.8, 4) is 0 Å². The standard InChI is InChI=1S/C23H36O4/c1-13(24)18-7-8-19-17-6-5-15-11-16(27-14(2)25)9-10-22(15,3)20(17)12-21(26)23(18,19)4/h15-21,26H,5-12H2,1-4H3/t15-,16-,17-,18+,19-,20-,21+,22-,23+/m0/s1. The number of carbonyl (C=O) groups excluding carboxylic acids is 2. The molecule has 0 heterocycles. The fraction of sp³-hybridized carbons (Fsp3) is 0.913. The predicted molar refractivity (Wildman–Crippen MR) is 103 cm³/mol. The van der Waals surface area contributed by atoms with Crippen molar-refractivity contribution in [1.29, 1.82) is 0 Å². The first kappa shape index (κ1) is 19.4. The van der Waals surface area contributed by atoms with Gasteiger partial charge in [-0.3, -0.25) is 9.59 Å². The second kappa shape index (κ2) is 6.57. The molecule has 152 valence electrons. The van der Waals surface area contributed by atoms with Crippen molar-refractivity contribution >= 4 is 11.8 Å². The van der Waals surface area contributed by atoms with Crippen LogP contribution in [0, 0.1) is 40.4 Å². The Hall–Kier alpha value is -0.900. The average Bonchev–Trinajstić information content (AvgIpc) is 2.95. The zero-order valence-electron chi connectivity index (χ0n) is 17.4. The van der Waals surface area contributed by atoms with Crippen LogP contribution in [0.1, 0.15) is 79.1 Å². The zero-order valence-corrected chi connectivity index (χ0v) is 17.4. The van der Waals surface area contributed by atoms with Gasteiger partial charge in [0.05, 0.1) is 6.10 Å². The highest BCUT2D eigenvalue weighted by atomic mass is 16.5. The van der Waals surface area contributed by atoms with Crippen LogP contribution in [0.3, 0.4) is 0 Å². The van der Waals surface area contributed by atoms with Gasteiger partial charge in [0.15, 0.2) is 0 Å². The van der Waals surface area contributed by atoms with E-state index in [9.17, 15) is 14.7 Å². The van der Waals surface area contributed by atoms with Crippen molar-refractivity contribution in [2.75, 3.05) is 0 Å². The molecule has 0 bridgehead atoms. The molecule has 4 rings (SSSR count). The summed E-state index contributed by atoms with van der Waals surface area (Å²) >= 11 is 0. The molecule has 9 atom stereocenters. The number of carbonyl (C=O) groups is 2. The smallest absolute Gasteiger partial charge is 0.302 e. The van der Waals surface area contributed by atoms with E-state index >= 15 is 0 Å². The van der Waals surface area contributed by atoms with E-state index in [-0.39, 0.29) is 40.7 Å². The van der Waals surface area contributed by atoms with E-state index in [2.05, 4.69) is 13.8 Å². The fourth-order valence-electron chi connectivity index (χ4n) is 8.18. The van der Waals surface area contributed by atoms with E-state index in [0.717, 1.165) is 38.5 Å². The molecule has 0 aliphatic heterocycles. The van der Waals surface area contributed by atoms with Gasteiger partial charge in [0.1, 0.15) is 11.9 Å². The highest BCUT2D eigenvalue weighted by Gasteiger charge is 2.64. The molecular weight excluding hydrogens is 340 g/mol. The number of fused-ring (bicyclic) bond motifs is 5.